The number of hydrogen-bond donors (Lipinski definition) is 0. The van der Waals surface area contributed by atoms with E-state index in [9.17, 15) is 50.3 Å². The van der Waals surface area contributed by atoms with Gasteiger partial charge >= 0.3 is 28.4 Å². The van der Waals surface area contributed by atoms with E-state index in [-0.39, 0.29) is 246 Å². The molecule has 15 aromatic rings. The largest absolute Gasteiger partial charge is 0.515 e. The molecular weight excluding hydrogens is 2210 g/mol. The average Bonchev–Trinajstić information content (AvgIpc) is 1.60. The van der Waals surface area contributed by atoms with E-state index >= 15 is 0 Å². The van der Waals surface area contributed by atoms with Gasteiger partial charge in [0.25, 0.3) is 0 Å². The Labute approximate surface area is 877 Å². The number of aromatic nitrogens is 20. The zero-order valence-electron chi connectivity index (χ0n) is 68.0. The summed E-state index contributed by atoms with van der Waals surface area (Å²) in [5, 5.41) is 38.3. The van der Waals surface area contributed by atoms with Crippen molar-refractivity contribution in [2.75, 3.05) is 0 Å². The van der Waals surface area contributed by atoms with Crippen molar-refractivity contribution in [1.29, 1.82) is 0 Å². The molecule has 0 aliphatic heterocycles. The first-order valence-corrected chi connectivity index (χ1v) is 37.7. The number of aryl methyl sites for hydroxylation is 7. The molecular formula is C81H59BrCl4F6N21O10Y5-5. The van der Waals surface area contributed by atoms with E-state index < -0.39 is 57.7 Å². The summed E-state index contributed by atoms with van der Waals surface area (Å²) in [6, 6.07) is 49.1. The van der Waals surface area contributed by atoms with Crippen LogP contribution in [-0.2, 0) is 232 Å². The summed E-state index contributed by atoms with van der Waals surface area (Å²) in [4.78, 5) is 63.9. The fourth-order valence-corrected chi connectivity index (χ4v) is 12.1. The predicted molar refractivity (Wildman–Crippen MR) is 437 cm³/mol. The second kappa shape index (κ2) is 50.7. The molecule has 0 aliphatic carbocycles. The maximum absolute atomic E-state index is 14.2. The second-order valence-electron chi connectivity index (χ2n) is 25.3. The third kappa shape index (κ3) is 27.3. The van der Waals surface area contributed by atoms with Gasteiger partial charge in [0.05, 0.1) is 40.6 Å². The molecule has 15 rings (SSSR count). The van der Waals surface area contributed by atoms with Crippen molar-refractivity contribution in [2.45, 2.75) is 53.8 Å². The second-order valence-corrected chi connectivity index (χ2v) is 27.8. The number of ether oxygens (including phenoxy) is 5. The van der Waals surface area contributed by atoms with Crippen LogP contribution in [0.4, 0.5) is 32.0 Å². The third-order valence-electron chi connectivity index (χ3n) is 17.2. The Bertz CT molecular complexity index is 6510. The molecule has 0 bridgehead atoms. The van der Waals surface area contributed by atoms with Crippen LogP contribution in [0.25, 0.3) is 33.3 Å². The number of nitrogens with zero attached hydrogens (tertiary/aromatic N) is 21. The van der Waals surface area contributed by atoms with Crippen LogP contribution in [0.15, 0.2) is 180 Å². The van der Waals surface area contributed by atoms with Gasteiger partial charge in [0.15, 0.2) is 5.69 Å². The molecule has 0 fully saturated rings. The van der Waals surface area contributed by atoms with Crippen LogP contribution in [0.5, 0.6) is 28.7 Å². The molecule has 5 aromatic heterocycles. The van der Waals surface area contributed by atoms with Crippen molar-refractivity contribution in [1.82, 2.24) is 99.0 Å². The minimum Gasteiger partial charge on any atom is -0.515 e. The molecule has 128 heavy (non-hydrogen) atoms. The summed E-state index contributed by atoms with van der Waals surface area (Å²) < 4.78 is 120. The third-order valence-corrected chi connectivity index (χ3v) is 19.2. The van der Waals surface area contributed by atoms with Gasteiger partial charge in [0.2, 0.25) is 0 Å². The summed E-state index contributed by atoms with van der Waals surface area (Å²) in [5.74, 6) is 3.46. The van der Waals surface area contributed by atoms with Gasteiger partial charge in [0, 0.05) is 294 Å². The Hall–Kier alpha value is -8.66. The summed E-state index contributed by atoms with van der Waals surface area (Å²) in [7, 11) is 7.40. The summed E-state index contributed by atoms with van der Waals surface area (Å²) in [6.07, 6.45) is 0. The maximum Gasteiger partial charge on any atom is 0.368 e. The zero-order valence-corrected chi connectivity index (χ0v) is 86.8. The van der Waals surface area contributed by atoms with Crippen LogP contribution in [0.2, 0.25) is 20.1 Å². The first-order valence-electron chi connectivity index (χ1n) is 35.4. The summed E-state index contributed by atoms with van der Waals surface area (Å²) >= 11 is 27.4. The normalized spacial score (nSPS) is 10.2. The topological polar surface area (TPSA) is 314 Å². The maximum atomic E-state index is 14.2. The van der Waals surface area contributed by atoms with E-state index in [1.54, 1.807) is 87.5 Å². The van der Waals surface area contributed by atoms with E-state index in [4.69, 9.17) is 76.7 Å². The van der Waals surface area contributed by atoms with Crippen LogP contribution >= 0.6 is 62.3 Å². The number of rotatable bonds is 20. The standard InChI is InChI=1S/C19H16FN4O2.C17H13FN5O2.C15H10BrClFN4O2.C15H10Cl2FN4O2.C15H10ClF2N4O2.5Y/c1-4-6-14-7-5-8-17(24-19(25)23(3)21-22-24)16(14)12-26-18-11-15(20)10-9-13(18)2;1-11-7-8-12(18)9-16(11)25-10-13-14(19-2)5-4-6-15(13)23-17(24)22(3)20-21-23;2*1-21-15(23)22(20-19-21)13-4-2-3-11(16)10(13)8-24-14-7-9(18)5-6-12(14)17;1-21-15(23)22(20-19-21)13-4-2-3-12(18)10(13)8-24-14-7-9(17)5-6-11(14)16;;;;;/h5,7-9,11H,12H2,1-3H3;4-7,9H,10H2,1,3H3;3*2-4,6-7H,8H2,1H3;;;;;/q5*-1;;;;;. The van der Waals surface area contributed by atoms with E-state index in [1.165, 1.54) is 101 Å². The van der Waals surface area contributed by atoms with Crippen LogP contribution < -0.4 is 52.1 Å². The quantitative estimate of drug-likeness (QED) is 0.0389. The average molecular weight is 2270 g/mol. The van der Waals surface area contributed by atoms with Crippen molar-refractivity contribution < 1.29 is 214 Å². The van der Waals surface area contributed by atoms with E-state index in [2.05, 4.69) is 115 Å². The Morgan fingerprint density at radius 3 is 1.04 bits per heavy atom. The molecule has 0 saturated heterocycles. The van der Waals surface area contributed by atoms with Crippen LogP contribution in [-0.4, -0.2) is 99.0 Å². The Morgan fingerprint density at radius 1 is 0.375 bits per heavy atom. The molecule has 645 valence electrons. The fourth-order valence-electron chi connectivity index (χ4n) is 10.9. The number of benzene rings is 10. The minimum absolute atomic E-state index is 0. The minimum atomic E-state index is -0.659. The van der Waals surface area contributed by atoms with Gasteiger partial charge in [-0.3, -0.25) is 0 Å². The van der Waals surface area contributed by atoms with Gasteiger partial charge in [-0.25, -0.2) is 55.2 Å². The first kappa shape index (κ1) is 108. The van der Waals surface area contributed by atoms with Gasteiger partial charge in [-0.1, -0.05) is 114 Å². The Kier molecular flexibility index (Phi) is 42.8. The van der Waals surface area contributed by atoms with Crippen molar-refractivity contribution in [2.24, 2.45) is 35.2 Å². The first-order chi connectivity index (χ1) is 58.9. The van der Waals surface area contributed by atoms with Crippen LogP contribution in [0.3, 0.4) is 0 Å². The van der Waals surface area contributed by atoms with E-state index in [1.807, 2.05) is 6.07 Å². The van der Waals surface area contributed by atoms with E-state index in [0.29, 0.717) is 82.8 Å². The van der Waals surface area contributed by atoms with Gasteiger partial charge < -0.3 is 23.7 Å². The van der Waals surface area contributed by atoms with Crippen molar-refractivity contribution in [3.63, 3.8) is 0 Å². The molecule has 0 unspecified atom stereocenters. The zero-order chi connectivity index (χ0) is 88.5. The van der Waals surface area contributed by atoms with Crippen LogP contribution in [0, 0.1) is 97.5 Å². The predicted octanol–water partition coefficient (Wildman–Crippen LogP) is 12.5. The molecule has 0 N–H and O–H groups in total. The van der Waals surface area contributed by atoms with Gasteiger partial charge in [0.1, 0.15) is 38.9 Å². The summed E-state index contributed by atoms with van der Waals surface area (Å²) in [5.41, 5.74) is 4.60. The molecule has 0 amide bonds. The van der Waals surface area contributed by atoms with Crippen molar-refractivity contribution in [3.05, 3.63) is 350 Å². The molecule has 10 aromatic carbocycles. The molecule has 47 heteroatoms. The summed E-state index contributed by atoms with van der Waals surface area (Å²) in [6.45, 7) is 12.4. The van der Waals surface area contributed by atoms with Crippen LogP contribution in [0.1, 0.15) is 51.4 Å². The molecule has 31 nitrogen and oxygen atoms in total. The van der Waals surface area contributed by atoms with Crippen molar-refractivity contribution >= 4 is 68.0 Å². The number of tetrazole rings is 5. The smallest absolute Gasteiger partial charge is 0.368 e. The molecule has 5 heterocycles. The molecule has 0 saturated carbocycles. The Balaban J connectivity index is 0.000000244. The van der Waals surface area contributed by atoms with Gasteiger partial charge in [-0.2, -0.15) is 112 Å². The SMILES string of the molecule is CC#Cc1cccc(-n2nnn(C)c2=O)c1COc1cc(F)[c-]cc1C.Cn1nnn(-c2cccc(Br)c2COc2cc(F)[c-]cc2Cl)c1=O.Cn1nnn(-c2cccc(Cl)c2COc2cc(F)[c-]cc2Cl)c1=O.Cn1nnn(-c2cccc(F)c2COc2cc(F)[c-]cc2Cl)c1=O.[C-]#[N+]c1cccc(-n2nnn(C)c2=O)c1COc1cc(F)[c-]cc1C.[Y].[Y].[Y].[Y].[Y]. The molecule has 5 radical (unpaired) electrons. The van der Waals surface area contributed by atoms with Crippen molar-refractivity contribution in [3.8, 4) is 69.0 Å². The van der Waals surface area contributed by atoms with Gasteiger partial charge in [-0.05, 0) is 129 Å². The molecule has 0 atom stereocenters. The van der Waals surface area contributed by atoms with Gasteiger partial charge in [-0.15, -0.1) is 47.4 Å². The fraction of sp³-hybridized carbons (Fsp3) is 0.160. The monoisotopic (exact) mass is 2260 g/mol. The molecule has 0 spiro atoms. The molecule has 0 aliphatic rings. The number of hydrogen-bond acceptors (Lipinski definition) is 20. The number of halogens is 11. The Morgan fingerprint density at radius 2 is 0.664 bits per heavy atom. The van der Waals surface area contributed by atoms with E-state index in [0.717, 1.165) is 65.9 Å².